The largest absolute Gasteiger partial charge is 0.496 e. The molecule has 0 bridgehead atoms. The molecule has 0 spiro atoms. The Balaban J connectivity index is 0.00000100. The lowest BCUT2D eigenvalue weighted by Crippen LogP contribution is -2.31. The molecule has 0 atom stereocenters. The number of allylic oxidation sites excluding steroid dienone is 5. The second-order valence-corrected chi connectivity index (χ2v) is 5.90. The Labute approximate surface area is 149 Å². The number of fused-ring (bicyclic) bond motifs is 1. The molecular formula is C20H25ClN2O. The number of halogens is 1. The van der Waals surface area contributed by atoms with Crippen LogP contribution in [0.4, 0.5) is 0 Å². The van der Waals surface area contributed by atoms with Crippen LogP contribution in [0.15, 0.2) is 29.6 Å². The van der Waals surface area contributed by atoms with E-state index in [0.717, 1.165) is 47.6 Å². The van der Waals surface area contributed by atoms with Crippen LogP contribution in [0.5, 0.6) is 0 Å². The molecule has 0 saturated heterocycles. The van der Waals surface area contributed by atoms with Crippen molar-refractivity contribution in [2.24, 2.45) is 0 Å². The highest BCUT2D eigenvalue weighted by Gasteiger charge is 2.15. The Morgan fingerprint density at radius 3 is 2.54 bits per heavy atom. The van der Waals surface area contributed by atoms with E-state index < -0.39 is 0 Å². The molecule has 0 unspecified atom stereocenters. The maximum Gasteiger partial charge on any atom is 0.164 e. The molecule has 2 aliphatic rings. The van der Waals surface area contributed by atoms with Crippen molar-refractivity contribution in [1.29, 1.82) is 0 Å². The summed E-state index contributed by atoms with van der Waals surface area (Å²) < 4.78 is 5.51. The molecule has 0 radical (unpaired) electrons. The van der Waals surface area contributed by atoms with Gasteiger partial charge in [-0.25, -0.2) is 9.97 Å². The van der Waals surface area contributed by atoms with Crippen molar-refractivity contribution in [1.82, 2.24) is 9.97 Å². The summed E-state index contributed by atoms with van der Waals surface area (Å²) >= 11 is 6.40. The van der Waals surface area contributed by atoms with Gasteiger partial charge in [0.25, 0.3) is 0 Å². The third kappa shape index (κ3) is 4.15. The summed E-state index contributed by atoms with van der Waals surface area (Å²) in [5, 5.41) is 2.27. The molecule has 0 aliphatic heterocycles. The summed E-state index contributed by atoms with van der Waals surface area (Å²) in [7, 11) is 1.68. The third-order valence-corrected chi connectivity index (χ3v) is 4.18. The van der Waals surface area contributed by atoms with Crippen molar-refractivity contribution in [2.45, 2.75) is 46.5 Å². The predicted octanol–water partition coefficient (Wildman–Crippen LogP) is 4.16. The van der Waals surface area contributed by atoms with Gasteiger partial charge in [-0.1, -0.05) is 49.2 Å². The first-order chi connectivity index (χ1) is 11.7. The maximum atomic E-state index is 6.40. The zero-order valence-electron chi connectivity index (χ0n) is 14.9. The minimum absolute atomic E-state index is 0.489. The van der Waals surface area contributed by atoms with Gasteiger partial charge in [-0.2, -0.15) is 0 Å². The van der Waals surface area contributed by atoms with Crippen molar-refractivity contribution >= 4 is 29.3 Å². The van der Waals surface area contributed by atoms with Crippen LogP contribution in [-0.2, 0) is 4.74 Å². The number of nitrogens with zero attached hydrogens (tertiary/aromatic N) is 2. The fourth-order valence-electron chi connectivity index (χ4n) is 2.64. The molecule has 2 aliphatic carbocycles. The molecule has 0 aromatic carbocycles. The number of hydrogen-bond donors (Lipinski definition) is 0. The number of hydrogen-bond acceptors (Lipinski definition) is 3. The molecule has 0 N–H and O–H groups in total. The van der Waals surface area contributed by atoms with Gasteiger partial charge >= 0.3 is 0 Å². The Bertz CT molecular complexity index is 804. The van der Waals surface area contributed by atoms with Gasteiger partial charge in [-0.15, -0.1) is 0 Å². The van der Waals surface area contributed by atoms with Gasteiger partial charge in [0.05, 0.1) is 18.0 Å². The van der Waals surface area contributed by atoms with E-state index in [9.17, 15) is 0 Å². The van der Waals surface area contributed by atoms with Gasteiger partial charge in [0.15, 0.2) is 5.82 Å². The molecule has 24 heavy (non-hydrogen) atoms. The molecule has 4 heteroatoms. The predicted molar refractivity (Wildman–Crippen MR) is 102 cm³/mol. The first kappa shape index (κ1) is 18.5. The molecule has 128 valence electrons. The molecule has 0 saturated carbocycles. The monoisotopic (exact) mass is 344 g/mol. The Morgan fingerprint density at radius 1 is 1.04 bits per heavy atom. The Morgan fingerprint density at radius 2 is 1.79 bits per heavy atom. The van der Waals surface area contributed by atoms with Crippen molar-refractivity contribution in [2.75, 3.05) is 7.11 Å². The molecule has 1 aromatic heterocycles. The highest BCUT2D eigenvalue weighted by Crippen LogP contribution is 2.25. The lowest BCUT2D eigenvalue weighted by Gasteiger charge is -2.09. The molecule has 0 fully saturated rings. The van der Waals surface area contributed by atoms with Crippen molar-refractivity contribution in [3.63, 3.8) is 0 Å². The normalized spacial score (nSPS) is 16.5. The topological polar surface area (TPSA) is 35.0 Å². The van der Waals surface area contributed by atoms with E-state index in [4.69, 9.17) is 21.3 Å². The Kier molecular flexibility index (Phi) is 6.80. The summed E-state index contributed by atoms with van der Waals surface area (Å²) in [6, 6.07) is 0. The van der Waals surface area contributed by atoms with Crippen LogP contribution < -0.4 is 10.6 Å². The molecule has 3 nitrogen and oxygen atoms in total. The van der Waals surface area contributed by atoms with Crippen LogP contribution >= 0.6 is 11.6 Å². The zero-order valence-corrected chi connectivity index (χ0v) is 15.7. The first-order valence-corrected chi connectivity index (χ1v) is 8.93. The SMILES string of the molecule is CC.COC1=CCCCC=C1c1nc(Cl)c2c(n1)=CCC(C)=CC=2. The van der Waals surface area contributed by atoms with Gasteiger partial charge in [0.2, 0.25) is 0 Å². The van der Waals surface area contributed by atoms with Crippen LogP contribution in [0.3, 0.4) is 0 Å². The summed E-state index contributed by atoms with van der Waals surface area (Å²) in [6.45, 7) is 6.10. The van der Waals surface area contributed by atoms with Gasteiger partial charge in [0.1, 0.15) is 10.9 Å². The minimum atomic E-state index is 0.489. The van der Waals surface area contributed by atoms with E-state index >= 15 is 0 Å². The highest BCUT2D eigenvalue weighted by atomic mass is 35.5. The number of methoxy groups -OCH3 is 1. The second-order valence-electron chi connectivity index (χ2n) is 5.55. The molecule has 1 heterocycles. The zero-order chi connectivity index (χ0) is 17.5. The van der Waals surface area contributed by atoms with E-state index in [1.54, 1.807) is 7.11 Å². The lowest BCUT2D eigenvalue weighted by atomic mass is 10.1. The van der Waals surface area contributed by atoms with Crippen molar-refractivity contribution < 1.29 is 4.74 Å². The second kappa shape index (κ2) is 8.84. The average Bonchev–Trinajstić information content (AvgIpc) is 2.95. The molecular weight excluding hydrogens is 320 g/mol. The molecule has 1 aromatic rings. The summed E-state index contributed by atoms with van der Waals surface area (Å²) in [5.74, 6) is 1.48. The van der Waals surface area contributed by atoms with Crippen LogP contribution in [0.25, 0.3) is 17.7 Å². The molecule has 0 amide bonds. The number of aromatic nitrogens is 2. The van der Waals surface area contributed by atoms with E-state index in [-0.39, 0.29) is 0 Å². The third-order valence-electron chi connectivity index (χ3n) is 3.89. The van der Waals surface area contributed by atoms with Gasteiger partial charge in [0, 0.05) is 5.22 Å². The van der Waals surface area contributed by atoms with Gasteiger partial charge in [-0.3, -0.25) is 0 Å². The van der Waals surface area contributed by atoms with Crippen LogP contribution in [0.2, 0.25) is 5.15 Å². The van der Waals surface area contributed by atoms with E-state index in [1.807, 2.05) is 19.9 Å². The van der Waals surface area contributed by atoms with E-state index in [2.05, 4.69) is 36.2 Å². The van der Waals surface area contributed by atoms with E-state index in [1.165, 1.54) is 5.57 Å². The number of rotatable bonds is 2. The summed E-state index contributed by atoms with van der Waals surface area (Å²) in [5.41, 5.74) is 2.22. The van der Waals surface area contributed by atoms with E-state index in [0.29, 0.717) is 11.0 Å². The quantitative estimate of drug-likeness (QED) is 0.755. The standard InChI is InChI=1S/C18H19ClN2O.C2H6/c1-12-8-10-13-15(11-9-12)20-18(21-17(13)19)14-6-4-3-5-7-16(14)22-2;1-2/h6-8,10-11H,3-5,9H2,1-2H3;1-2H3. The highest BCUT2D eigenvalue weighted by molar-refractivity contribution is 6.29. The first-order valence-electron chi connectivity index (χ1n) is 8.55. The van der Waals surface area contributed by atoms with Crippen LogP contribution in [0.1, 0.15) is 52.3 Å². The lowest BCUT2D eigenvalue weighted by molar-refractivity contribution is 0.309. The van der Waals surface area contributed by atoms with Gasteiger partial charge in [-0.05, 0) is 44.8 Å². The smallest absolute Gasteiger partial charge is 0.164 e. The van der Waals surface area contributed by atoms with Crippen LogP contribution in [-0.4, -0.2) is 17.1 Å². The van der Waals surface area contributed by atoms with Crippen molar-refractivity contribution in [3.8, 4) is 0 Å². The van der Waals surface area contributed by atoms with Crippen molar-refractivity contribution in [3.05, 3.63) is 51.1 Å². The summed E-state index contributed by atoms with van der Waals surface area (Å²) in [4.78, 5) is 9.23. The minimum Gasteiger partial charge on any atom is -0.496 e. The maximum absolute atomic E-state index is 6.40. The fourth-order valence-corrected chi connectivity index (χ4v) is 2.88. The molecule has 3 rings (SSSR count). The number of ether oxygens (including phenoxy) is 1. The fraction of sp³-hybridized carbons (Fsp3) is 0.400. The Hall–Kier alpha value is -1.87. The average molecular weight is 345 g/mol. The van der Waals surface area contributed by atoms with Crippen LogP contribution in [0, 0.1) is 0 Å². The van der Waals surface area contributed by atoms with Gasteiger partial charge < -0.3 is 4.74 Å². The summed E-state index contributed by atoms with van der Waals surface area (Å²) in [6.07, 6.45) is 14.4.